The lowest BCUT2D eigenvalue weighted by atomic mass is 9.81. The summed E-state index contributed by atoms with van der Waals surface area (Å²) in [6, 6.07) is 2.62. The molecule has 0 radical (unpaired) electrons. The van der Waals surface area contributed by atoms with Crippen molar-refractivity contribution in [1.82, 2.24) is 0 Å². The van der Waals surface area contributed by atoms with E-state index in [2.05, 4.69) is 25.7 Å². The Bertz CT molecular complexity index is 682. The molecule has 29 heavy (non-hydrogen) atoms. The molecule has 0 atom stereocenters. The van der Waals surface area contributed by atoms with Crippen molar-refractivity contribution in [3.8, 4) is 11.8 Å². The average molecular weight is 405 g/mol. The van der Waals surface area contributed by atoms with Crippen LogP contribution < -0.4 is 0 Å². The van der Waals surface area contributed by atoms with Gasteiger partial charge in [-0.3, -0.25) is 0 Å². The van der Waals surface area contributed by atoms with Crippen LogP contribution in [0.25, 0.3) is 0 Å². The zero-order chi connectivity index (χ0) is 20.6. The minimum Gasteiger partial charge on any atom is -0.348 e. The number of rotatable bonds is 6. The van der Waals surface area contributed by atoms with Crippen LogP contribution in [0, 0.1) is 41.2 Å². The van der Waals surface area contributed by atoms with Gasteiger partial charge in [0.15, 0.2) is 6.29 Å². The predicted octanol–water partition coefficient (Wildman–Crippen LogP) is 6.77. The molecule has 0 aromatic heterocycles. The van der Waals surface area contributed by atoms with Gasteiger partial charge in [-0.25, -0.2) is 8.78 Å². The number of halogens is 2. The lowest BCUT2D eigenvalue weighted by Gasteiger charge is -2.29. The molecule has 1 aliphatic carbocycles. The fraction of sp³-hybridized carbons (Fsp3) is 0.680. The normalized spacial score (nSPS) is 27.3. The molecule has 2 nitrogen and oxygen atoms in total. The summed E-state index contributed by atoms with van der Waals surface area (Å²) < 4.78 is 40.6. The van der Waals surface area contributed by atoms with E-state index in [1.165, 1.54) is 31.4 Å². The van der Waals surface area contributed by atoms with Crippen molar-refractivity contribution in [2.45, 2.75) is 77.9 Å². The third-order valence-corrected chi connectivity index (χ3v) is 6.34. The van der Waals surface area contributed by atoms with Crippen molar-refractivity contribution in [2.24, 2.45) is 17.8 Å². The number of unbranched alkanes of at least 4 members (excludes halogenated alkanes) is 2. The Labute approximate surface area is 174 Å². The second kappa shape index (κ2) is 11.1. The molecule has 0 unspecified atom stereocenters. The fourth-order valence-electron chi connectivity index (χ4n) is 4.32. The summed E-state index contributed by atoms with van der Waals surface area (Å²) in [7, 11) is 0. The van der Waals surface area contributed by atoms with E-state index in [0.717, 1.165) is 44.4 Å². The van der Waals surface area contributed by atoms with Gasteiger partial charge in [0.1, 0.15) is 11.6 Å². The maximum atomic E-state index is 14.6. The summed E-state index contributed by atoms with van der Waals surface area (Å²) in [5, 5.41) is 0. The molecule has 0 bridgehead atoms. The summed E-state index contributed by atoms with van der Waals surface area (Å²) in [4.78, 5) is 0. The molecule has 1 heterocycles. The molecule has 1 saturated heterocycles. The molecule has 1 aromatic rings. The molecule has 2 fully saturated rings. The highest BCUT2D eigenvalue weighted by molar-refractivity contribution is 5.40. The van der Waals surface area contributed by atoms with Crippen molar-refractivity contribution in [2.75, 3.05) is 13.2 Å². The van der Waals surface area contributed by atoms with Crippen molar-refractivity contribution in [1.29, 1.82) is 0 Å². The Morgan fingerprint density at radius 2 is 1.59 bits per heavy atom. The van der Waals surface area contributed by atoms with E-state index in [1.807, 2.05) is 0 Å². The van der Waals surface area contributed by atoms with Crippen LogP contribution in [0.3, 0.4) is 0 Å². The molecule has 0 N–H and O–H groups in total. The van der Waals surface area contributed by atoms with Crippen molar-refractivity contribution in [3.63, 3.8) is 0 Å². The SMILES string of the molecule is CCCCCC1COC(c2cc(F)c(C#CC3CCC(CC)CC3)c(F)c2)OC1. The Morgan fingerprint density at radius 3 is 2.17 bits per heavy atom. The third-order valence-electron chi connectivity index (χ3n) is 6.34. The molecule has 3 rings (SSSR count). The van der Waals surface area contributed by atoms with Crippen molar-refractivity contribution >= 4 is 0 Å². The monoisotopic (exact) mass is 404 g/mol. The van der Waals surface area contributed by atoms with Gasteiger partial charge in [0.25, 0.3) is 0 Å². The number of hydrogen-bond acceptors (Lipinski definition) is 2. The molecular weight excluding hydrogens is 370 g/mol. The van der Waals surface area contributed by atoms with Crippen LogP contribution in [0.1, 0.15) is 89.1 Å². The molecule has 1 aliphatic heterocycles. The first-order chi connectivity index (χ1) is 14.1. The zero-order valence-corrected chi connectivity index (χ0v) is 17.8. The van der Waals surface area contributed by atoms with Crippen LogP contribution in [0.4, 0.5) is 8.78 Å². The van der Waals surface area contributed by atoms with Crippen LogP contribution in [-0.4, -0.2) is 13.2 Å². The van der Waals surface area contributed by atoms with E-state index in [0.29, 0.717) is 24.7 Å². The smallest absolute Gasteiger partial charge is 0.184 e. The highest BCUT2D eigenvalue weighted by Gasteiger charge is 2.25. The zero-order valence-electron chi connectivity index (χ0n) is 17.8. The first kappa shape index (κ1) is 22.2. The number of hydrogen-bond donors (Lipinski definition) is 0. The Balaban J connectivity index is 1.58. The van der Waals surface area contributed by atoms with Gasteiger partial charge < -0.3 is 9.47 Å². The molecule has 1 aromatic carbocycles. The van der Waals surface area contributed by atoms with E-state index in [4.69, 9.17) is 9.47 Å². The second-order valence-electron chi connectivity index (χ2n) is 8.62. The first-order valence-corrected chi connectivity index (χ1v) is 11.3. The maximum Gasteiger partial charge on any atom is 0.184 e. The van der Waals surface area contributed by atoms with Gasteiger partial charge in [0.2, 0.25) is 0 Å². The molecule has 4 heteroatoms. The van der Waals surface area contributed by atoms with Gasteiger partial charge in [0.05, 0.1) is 18.8 Å². The van der Waals surface area contributed by atoms with Crippen LogP contribution in [0.2, 0.25) is 0 Å². The first-order valence-electron chi connectivity index (χ1n) is 11.3. The molecule has 0 spiro atoms. The highest BCUT2D eigenvalue weighted by atomic mass is 19.1. The highest BCUT2D eigenvalue weighted by Crippen LogP contribution is 2.31. The van der Waals surface area contributed by atoms with Gasteiger partial charge in [-0.15, -0.1) is 0 Å². The van der Waals surface area contributed by atoms with E-state index in [-0.39, 0.29) is 11.5 Å². The summed E-state index contributed by atoms with van der Waals surface area (Å²) in [6.45, 7) is 5.53. The summed E-state index contributed by atoms with van der Waals surface area (Å²) in [6.07, 6.45) is 9.50. The van der Waals surface area contributed by atoms with E-state index in [1.54, 1.807) is 0 Å². The van der Waals surface area contributed by atoms with Gasteiger partial charge in [-0.2, -0.15) is 0 Å². The molecule has 1 saturated carbocycles. The van der Waals surface area contributed by atoms with E-state index < -0.39 is 17.9 Å². The van der Waals surface area contributed by atoms with Crippen LogP contribution >= 0.6 is 0 Å². The summed E-state index contributed by atoms with van der Waals surface area (Å²) >= 11 is 0. The summed E-state index contributed by atoms with van der Waals surface area (Å²) in [5.41, 5.74) is 0.251. The Morgan fingerprint density at radius 1 is 0.931 bits per heavy atom. The summed E-state index contributed by atoms with van der Waals surface area (Å²) in [5.74, 6) is 5.99. The Hall–Kier alpha value is -1.44. The van der Waals surface area contributed by atoms with Gasteiger partial charge in [-0.1, -0.05) is 51.4 Å². The van der Waals surface area contributed by atoms with Crippen molar-refractivity contribution < 1.29 is 18.3 Å². The lowest BCUT2D eigenvalue weighted by Crippen LogP contribution is -2.27. The number of benzene rings is 1. The largest absolute Gasteiger partial charge is 0.348 e. The van der Waals surface area contributed by atoms with E-state index in [9.17, 15) is 8.78 Å². The topological polar surface area (TPSA) is 18.5 Å². The van der Waals surface area contributed by atoms with Crippen molar-refractivity contribution in [3.05, 3.63) is 34.9 Å². The van der Waals surface area contributed by atoms with Crippen LogP contribution in [-0.2, 0) is 9.47 Å². The average Bonchev–Trinajstić information content (AvgIpc) is 2.74. The molecular formula is C25H34F2O2. The second-order valence-corrected chi connectivity index (χ2v) is 8.62. The predicted molar refractivity (Wildman–Crippen MR) is 111 cm³/mol. The van der Waals surface area contributed by atoms with Crippen LogP contribution in [0.15, 0.2) is 12.1 Å². The van der Waals surface area contributed by atoms with Crippen LogP contribution in [0.5, 0.6) is 0 Å². The maximum absolute atomic E-state index is 14.6. The third kappa shape index (κ3) is 6.27. The molecule has 160 valence electrons. The van der Waals surface area contributed by atoms with E-state index >= 15 is 0 Å². The lowest BCUT2D eigenvalue weighted by molar-refractivity contribution is -0.206. The molecule has 2 aliphatic rings. The van der Waals surface area contributed by atoms with Gasteiger partial charge >= 0.3 is 0 Å². The van der Waals surface area contributed by atoms with Gasteiger partial charge in [-0.05, 0) is 50.2 Å². The minimum atomic E-state index is -0.701. The molecule has 0 amide bonds. The minimum absolute atomic E-state index is 0.139. The standard InChI is InChI=1S/C25H34F2O2/c1-3-5-6-7-20-16-28-25(29-17-20)21-14-23(26)22(24(27)15-21)13-12-19-10-8-18(4-2)9-11-19/h14-15,18-20,25H,3-11,16-17H2,1-2H3. The number of ether oxygens (including phenoxy) is 2. The Kier molecular flexibility index (Phi) is 8.51. The fourth-order valence-corrected chi connectivity index (χ4v) is 4.32. The van der Waals surface area contributed by atoms with Gasteiger partial charge in [0, 0.05) is 17.4 Å². The quantitative estimate of drug-likeness (QED) is 0.384.